The van der Waals surface area contributed by atoms with Crippen molar-refractivity contribution < 1.29 is 18.3 Å². The minimum atomic E-state index is -2.60. The fourth-order valence-electron chi connectivity index (χ4n) is 6.40. The van der Waals surface area contributed by atoms with Crippen molar-refractivity contribution in [1.29, 1.82) is 0 Å². The van der Waals surface area contributed by atoms with E-state index in [1.165, 1.54) is 0 Å². The van der Waals surface area contributed by atoms with Gasteiger partial charge in [0.2, 0.25) is 0 Å². The quantitative estimate of drug-likeness (QED) is 0.412. The van der Waals surface area contributed by atoms with Crippen LogP contribution in [0.25, 0.3) is 10.4 Å². The van der Waals surface area contributed by atoms with Crippen LogP contribution in [-0.4, -0.2) is 59.0 Å². The first-order valence-electron chi connectivity index (χ1n) is 14.3. The van der Waals surface area contributed by atoms with E-state index >= 15 is 0 Å². The first kappa shape index (κ1) is 25.9. The normalized spacial score (nSPS) is 19.6. The van der Waals surface area contributed by atoms with Crippen molar-refractivity contribution in [3.63, 3.8) is 0 Å². The summed E-state index contributed by atoms with van der Waals surface area (Å²) in [6.07, 6.45) is 5.65. The highest BCUT2D eigenvalue weighted by Gasteiger charge is 2.35. The third-order valence-corrected chi connectivity index (χ3v) is 9.87. The van der Waals surface area contributed by atoms with Gasteiger partial charge in [0.15, 0.2) is 5.82 Å². The molecule has 0 radical (unpaired) electrons. The van der Waals surface area contributed by atoms with Crippen LogP contribution in [0.5, 0.6) is 0 Å². The second kappa shape index (κ2) is 10.4. The molecule has 1 N–H and O–H groups in total. The zero-order chi connectivity index (χ0) is 27.4. The minimum absolute atomic E-state index is 0.0429. The lowest BCUT2D eigenvalue weighted by molar-refractivity contribution is 0.0651. The number of ether oxygens (including phenoxy) is 1. The molecule has 7 rings (SSSR count). The van der Waals surface area contributed by atoms with E-state index in [0.717, 1.165) is 76.7 Å². The predicted molar refractivity (Wildman–Crippen MR) is 150 cm³/mol. The van der Waals surface area contributed by atoms with Gasteiger partial charge in [-0.25, -0.2) is 18.6 Å². The summed E-state index contributed by atoms with van der Waals surface area (Å²) in [6, 6.07) is 3.77. The van der Waals surface area contributed by atoms with Gasteiger partial charge in [-0.05, 0) is 56.2 Å². The smallest absolute Gasteiger partial charge is 0.317 e. The number of urea groups is 1. The Balaban J connectivity index is 1.31. The zero-order valence-corrected chi connectivity index (χ0v) is 23.5. The number of nitrogens with one attached hydrogen (secondary N) is 1. The van der Waals surface area contributed by atoms with Crippen LogP contribution in [-0.2, 0) is 24.1 Å². The molecule has 40 heavy (non-hydrogen) atoms. The van der Waals surface area contributed by atoms with Crippen LogP contribution in [0, 0.1) is 0 Å². The van der Waals surface area contributed by atoms with Crippen molar-refractivity contribution in [3.05, 3.63) is 45.7 Å². The number of carbonyl (C=O) groups is 1. The van der Waals surface area contributed by atoms with Gasteiger partial charge in [-0.1, -0.05) is 0 Å². The zero-order valence-electron chi connectivity index (χ0n) is 22.7. The van der Waals surface area contributed by atoms with Crippen molar-refractivity contribution in [1.82, 2.24) is 25.0 Å². The number of rotatable bonds is 5. The second-order valence-corrected chi connectivity index (χ2v) is 12.3. The largest absolute Gasteiger partial charge is 0.381 e. The third kappa shape index (κ3) is 4.56. The summed E-state index contributed by atoms with van der Waals surface area (Å²) in [7, 11) is 1.64. The third-order valence-electron chi connectivity index (χ3n) is 8.68. The number of aromatic nitrogens is 3. The van der Waals surface area contributed by atoms with E-state index in [1.54, 1.807) is 30.6 Å². The van der Waals surface area contributed by atoms with Gasteiger partial charge in [-0.15, -0.1) is 11.3 Å². The summed E-state index contributed by atoms with van der Waals surface area (Å²) in [4.78, 5) is 21.9. The summed E-state index contributed by atoms with van der Waals surface area (Å²) in [5.74, 6) is 1.28. The van der Waals surface area contributed by atoms with Gasteiger partial charge >= 0.3 is 6.03 Å². The second-order valence-electron chi connectivity index (χ2n) is 11.2. The van der Waals surface area contributed by atoms with Crippen molar-refractivity contribution >= 4 is 28.9 Å². The number of halogens is 2. The van der Waals surface area contributed by atoms with Crippen LogP contribution < -0.4 is 10.2 Å². The number of amides is 2. The molecule has 3 aromatic rings. The number of anilines is 2. The standard InChI is InChI=1S/C29H34F2N6O2S/c1-32-29(38)35-10-6-23-22(16-35)27(34-37(23)19-7-11-39-12-8-19)36-9-2-3-18-13-20(21(26(30)31)14-24(18)36)25-15-33-28(40-25)17-4-5-17/h13-15,17,19,26H,2-12,16H2,1H3,(H,32,38). The van der Waals surface area contributed by atoms with E-state index in [0.29, 0.717) is 50.8 Å². The SMILES string of the molecule is CNC(=O)N1CCc2c(c(N3CCCc4cc(-c5cnc(C6CC6)s5)c(C(F)F)cc43)nn2C2CCOCC2)C1. The fourth-order valence-corrected chi connectivity index (χ4v) is 7.53. The molecule has 4 aliphatic rings. The maximum Gasteiger partial charge on any atom is 0.317 e. The molecule has 0 unspecified atom stereocenters. The predicted octanol–water partition coefficient (Wildman–Crippen LogP) is 5.95. The first-order chi connectivity index (χ1) is 19.5. The van der Waals surface area contributed by atoms with Gasteiger partial charge in [-0.2, -0.15) is 5.10 Å². The average Bonchev–Trinajstić information content (AvgIpc) is 3.60. The molecule has 11 heteroatoms. The molecular formula is C29H34F2N6O2S. The summed E-state index contributed by atoms with van der Waals surface area (Å²) < 4.78 is 36.9. The van der Waals surface area contributed by atoms with Gasteiger partial charge in [0.05, 0.1) is 22.5 Å². The minimum Gasteiger partial charge on any atom is -0.381 e. The molecule has 8 nitrogen and oxygen atoms in total. The highest BCUT2D eigenvalue weighted by Crippen LogP contribution is 2.47. The fraction of sp³-hybridized carbons (Fsp3) is 0.552. The van der Waals surface area contributed by atoms with Crippen molar-refractivity contribution in [3.8, 4) is 10.4 Å². The Kier molecular flexibility index (Phi) is 6.74. The van der Waals surface area contributed by atoms with Crippen LogP contribution in [0.2, 0.25) is 0 Å². The summed E-state index contributed by atoms with van der Waals surface area (Å²) >= 11 is 1.55. The Labute approximate surface area is 236 Å². The molecule has 0 atom stereocenters. The lowest BCUT2D eigenvalue weighted by Gasteiger charge is -2.33. The Hall–Kier alpha value is -3.05. The van der Waals surface area contributed by atoms with Crippen molar-refractivity contribution in [2.75, 3.05) is 38.3 Å². The van der Waals surface area contributed by atoms with Crippen molar-refractivity contribution in [2.24, 2.45) is 0 Å². The summed E-state index contributed by atoms with van der Waals surface area (Å²) in [5.41, 5.74) is 4.67. The van der Waals surface area contributed by atoms with Gasteiger partial charge in [0.25, 0.3) is 6.43 Å². The van der Waals surface area contributed by atoms with Crippen LogP contribution in [0.3, 0.4) is 0 Å². The molecule has 1 saturated carbocycles. The molecular weight excluding hydrogens is 534 g/mol. The van der Waals surface area contributed by atoms with Gasteiger partial charge in [0, 0.05) is 80.0 Å². The monoisotopic (exact) mass is 568 g/mol. The number of alkyl halides is 2. The number of fused-ring (bicyclic) bond motifs is 2. The molecule has 1 aromatic carbocycles. The topological polar surface area (TPSA) is 75.5 Å². The molecule has 0 bridgehead atoms. The molecule has 2 amide bonds. The van der Waals surface area contributed by atoms with E-state index in [1.807, 2.05) is 11.0 Å². The lowest BCUT2D eigenvalue weighted by atomic mass is 9.94. The van der Waals surface area contributed by atoms with Crippen LogP contribution in [0.15, 0.2) is 18.3 Å². The van der Waals surface area contributed by atoms with Crippen LogP contribution >= 0.6 is 11.3 Å². The van der Waals surface area contributed by atoms with Gasteiger partial charge in [-0.3, -0.25) is 4.68 Å². The molecule has 212 valence electrons. The maximum atomic E-state index is 14.6. The van der Waals surface area contributed by atoms with E-state index in [-0.39, 0.29) is 17.6 Å². The summed E-state index contributed by atoms with van der Waals surface area (Å²) in [6.45, 7) is 3.16. The Morgan fingerprint density at radius 1 is 1.15 bits per heavy atom. The molecule has 2 fully saturated rings. The molecule has 3 aliphatic heterocycles. The number of hydrogen-bond acceptors (Lipinski definition) is 6. The Morgan fingerprint density at radius 3 is 2.73 bits per heavy atom. The lowest BCUT2D eigenvalue weighted by Crippen LogP contribution is -2.42. The van der Waals surface area contributed by atoms with E-state index in [9.17, 15) is 13.6 Å². The Bertz CT molecular complexity index is 1430. The van der Waals surface area contributed by atoms with E-state index in [2.05, 4.69) is 19.9 Å². The number of aryl methyl sites for hydroxylation is 1. The number of thiazole rings is 1. The Morgan fingerprint density at radius 2 is 1.98 bits per heavy atom. The summed E-state index contributed by atoms with van der Waals surface area (Å²) in [5, 5.41) is 8.98. The molecule has 1 saturated heterocycles. The molecule has 1 aliphatic carbocycles. The van der Waals surface area contributed by atoms with Crippen LogP contribution in [0.1, 0.15) is 77.9 Å². The number of carbonyl (C=O) groups excluding carboxylic acids is 1. The molecule has 5 heterocycles. The highest BCUT2D eigenvalue weighted by atomic mass is 32.1. The number of nitrogens with zero attached hydrogens (tertiary/aromatic N) is 5. The van der Waals surface area contributed by atoms with E-state index < -0.39 is 6.43 Å². The van der Waals surface area contributed by atoms with Crippen molar-refractivity contribution in [2.45, 2.75) is 69.9 Å². The number of benzene rings is 1. The van der Waals surface area contributed by atoms with Crippen LogP contribution in [0.4, 0.5) is 25.1 Å². The van der Waals surface area contributed by atoms with Gasteiger partial charge in [0.1, 0.15) is 0 Å². The molecule has 0 spiro atoms. The maximum absolute atomic E-state index is 14.6. The van der Waals surface area contributed by atoms with Gasteiger partial charge < -0.3 is 19.9 Å². The first-order valence-corrected chi connectivity index (χ1v) is 15.2. The number of hydrogen-bond donors (Lipinski definition) is 1. The average molecular weight is 569 g/mol. The van der Waals surface area contributed by atoms with E-state index in [4.69, 9.17) is 9.84 Å². The molecule has 2 aromatic heterocycles. The highest BCUT2D eigenvalue weighted by molar-refractivity contribution is 7.15.